The van der Waals surface area contributed by atoms with E-state index in [0.29, 0.717) is 29.4 Å². The van der Waals surface area contributed by atoms with Gasteiger partial charge in [0.1, 0.15) is 5.75 Å². The number of methoxy groups -OCH3 is 3. The molecule has 1 amide bonds. The fraction of sp³-hybridized carbons (Fsp3) is 0.562. The topological polar surface area (TPSA) is 69.3 Å². The second kappa shape index (κ2) is 8.59. The predicted molar refractivity (Wildman–Crippen MR) is 85.7 cm³/mol. The van der Waals surface area contributed by atoms with Crippen molar-refractivity contribution in [2.75, 3.05) is 60.7 Å². The number of nitrogens with zero attached hydrogens (tertiary/aromatic N) is 1. The number of ether oxygens (including phenoxy) is 4. The highest BCUT2D eigenvalue weighted by atomic mass is 16.5. The average Bonchev–Trinajstić information content (AvgIpc) is 2.61. The summed E-state index contributed by atoms with van der Waals surface area (Å²) in [5.74, 6) is 1.19. The fourth-order valence-corrected chi connectivity index (χ4v) is 2.47. The summed E-state index contributed by atoms with van der Waals surface area (Å²) in [6, 6.07) is 3.33. The monoisotopic (exact) mass is 324 g/mol. The molecular weight excluding hydrogens is 300 g/mol. The lowest BCUT2D eigenvalue weighted by molar-refractivity contribution is 0.0383. The van der Waals surface area contributed by atoms with Crippen molar-refractivity contribution in [1.29, 1.82) is 0 Å². The Balaban J connectivity index is 2.02. The van der Waals surface area contributed by atoms with Gasteiger partial charge in [-0.15, -0.1) is 0 Å². The van der Waals surface area contributed by atoms with Gasteiger partial charge in [0.2, 0.25) is 0 Å². The molecule has 0 bridgehead atoms. The van der Waals surface area contributed by atoms with E-state index in [1.165, 1.54) is 14.2 Å². The van der Waals surface area contributed by atoms with Gasteiger partial charge in [-0.2, -0.15) is 0 Å². The van der Waals surface area contributed by atoms with Gasteiger partial charge in [-0.25, -0.2) is 0 Å². The van der Waals surface area contributed by atoms with Crippen LogP contribution >= 0.6 is 0 Å². The summed E-state index contributed by atoms with van der Waals surface area (Å²) in [4.78, 5) is 14.7. The first-order chi connectivity index (χ1) is 11.2. The number of benzene rings is 1. The summed E-state index contributed by atoms with van der Waals surface area (Å²) in [5.41, 5.74) is 0.394. The standard InChI is InChI=1S/C16H24N2O5/c1-20-12-10-13(15(22-3)14(11-12)21-2)16(19)17-4-5-18-6-8-23-9-7-18/h10-11H,4-9H2,1-3H3,(H,17,19). The zero-order chi connectivity index (χ0) is 16.7. The first-order valence-electron chi connectivity index (χ1n) is 7.58. The quantitative estimate of drug-likeness (QED) is 0.799. The highest BCUT2D eigenvalue weighted by molar-refractivity contribution is 5.98. The first-order valence-corrected chi connectivity index (χ1v) is 7.58. The molecule has 1 saturated heterocycles. The summed E-state index contributed by atoms with van der Waals surface area (Å²) in [7, 11) is 4.58. The Kier molecular flexibility index (Phi) is 6.49. The van der Waals surface area contributed by atoms with Crippen LogP contribution in [0.15, 0.2) is 12.1 Å². The largest absolute Gasteiger partial charge is 0.497 e. The molecule has 0 unspecified atom stereocenters. The number of nitrogens with one attached hydrogen (secondary N) is 1. The van der Waals surface area contributed by atoms with Crippen molar-refractivity contribution in [1.82, 2.24) is 10.2 Å². The van der Waals surface area contributed by atoms with Crippen molar-refractivity contribution in [3.63, 3.8) is 0 Å². The number of amides is 1. The van der Waals surface area contributed by atoms with Gasteiger partial charge < -0.3 is 24.3 Å². The maximum Gasteiger partial charge on any atom is 0.255 e. The van der Waals surface area contributed by atoms with E-state index in [4.69, 9.17) is 18.9 Å². The van der Waals surface area contributed by atoms with Gasteiger partial charge >= 0.3 is 0 Å². The third-order valence-corrected chi connectivity index (χ3v) is 3.75. The Bertz CT molecular complexity index is 529. The molecule has 0 atom stereocenters. The molecule has 7 heteroatoms. The van der Waals surface area contributed by atoms with Gasteiger partial charge in [-0.05, 0) is 6.07 Å². The lowest BCUT2D eigenvalue weighted by atomic mass is 10.1. The van der Waals surface area contributed by atoms with Crippen LogP contribution < -0.4 is 19.5 Å². The predicted octanol–water partition coefficient (Wildman–Crippen LogP) is 0.774. The number of hydrogen-bond donors (Lipinski definition) is 1. The van der Waals surface area contributed by atoms with Crippen LogP contribution in [-0.4, -0.2) is 71.5 Å². The molecule has 1 aliphatic rings. The zero-order valence-electron chi connectivity index (χ0n) is 13.9. The van der Waals surface area contributed by atoms with Crippen LogP contribution in [0.2, 0.25) is 0 Å². The van der Waals surface area contributed by atoms with Crippen molar-refractivity contribution in [3.8, 4) is 17.2 Å². The van der Waals surface area contributed by atoms with Crippen LogP contribution in [0.4, 0.5) is 0 Å². The Morgan fingerprint density at radius 3 is 2.52 bits per heavy atom. The molecule has 0 radical (unpaired) electrons. The number of carbonyl (C=O) groups excluding carboxylic acids is 1. The molecule has 1 heterocycles. The van der Waals surface area contributed by atoms with Crippen LogP contribution in [0.5, 0.6) is 17.2 Å². The van der Waals surface area contributed by atoms with Crippen molar-refractivity contribution in [3.05, 3.63) is 17.7 Å². The van der Waals surface area contributed by atoms with Gasteiger partial charge in [0.15, 0.2) is 11.5 Å². The van der Waals surface area contributed by atoms with Crippen LogP contribution in [0, 0.1) is 0 Å². The van der Waals surface area contributed by atoms with Crippen LogP contribution in [-0.2, 0) is 4.74 Å². The molecule has 2 rings (SSSR count). The van der Waals surface area contributed by atoms with Crippen LogP contribution in [0.3, 0.4) is 0 Å². The molecule has 7 nitrogen and oxygen atoms in total. The van der Waals surface area contributed by atoms with Crippen molar-refractivity contribution in [2.24, 2.45) is 0 Å². The SMILES string of the molecule is COc1cc(OC)c(OC)c(C(=O)NCCN2CCOCC2)c1. The summed E-state index contributed by atoms with van der Waals surface area (Å²) >= 11 is 0. The second-order valence-electron chi connectivity index (χ2n) is 5.12. The van der Waals surface area contributed by atoms with Crippen LogP contribution in [0.1, 0.15) is 10.4 Å². The Morgan fingerprint density at radius 1 is 1.17 bits per heavy atom. The summed E-state index contributed by atoms with van der Waals surface area (Å²) in [6.45, 7) is 4.63. The third kappa shape index (κ3) is 4.49. The summed E-state index contributed by atoms with van der Waals surface area (Å²) in [6.07, 6.45) is 0. The molecule has 1 aliphatic heterocycles. The number of carbonyl (C=O) groups is 1. The van der Waals surface area contributed by atoms with E-state index in [1.54, 1.807) is 19.2 Å². The zero-order valence-corrected chi connectivity index (χ0v) is 13.9. The van der Waals surface area contributed by atoms with Crippen molar-refractivity contribution < 1.29 is 23.7 Å². The van der Waals surface area contributed by atoms with Gasteiger partial charge in [-0.3, -0.25) is 9.69 Å². The normalized spacial score (nSPS) is 15.1. The lowest BCUT2D eigenvalue weighted by Gasteiger charge is -2.26. The van der Waals surface area contributed by atoms with Gasteiger partial charge in [0, 0.05) is 32.2 Å². The molecule has 1 aromatic carbocycles. The molecule has 1 N–H and O–H groups in total. The molecule has 1 fully saturated rings. The van der Waals surface area contributed by atoms with E-state index in [2.05, 4.69) is 10.2 Å². The molecule has 0 saturated carbocycles. The minimum Gasteiger partial charge on any atom is -0.497 e. The fourth-order valence-electron chi connectivity index (χ4n) is 2.47. The Hall–Kier alpha value is -1.99. The summed E-state index contributed by atoms with van der Waals surface area (Å²) < 4.78 is 21.1. The smallest absolute Gasteiger partial charge is 0.255 e. The van der Waals surface area contributed by atoms with E-state index < -0.39 is 0 Å². The van der Waals surface area contributed by atoms with E-state index in [0.717, 1.165) is 32.8 Å². The molecular formula is C16H24N2O5. The molecule has 23 heavy (non-hydrogen) atoms. The number of morpholine rings is 1. The number of rotatable bonds is 7. The lowest BCUT2D eigenvalue weighted by Crippen LogP contribution is -2.41. The maximum atomic E-state index is 12.5. The molecule has 128 valence electrons. The maximum absolute atomic E-state index is 12.5. The minimum absolute atomic E-state index is 0.215. The highest BCUT2D eigenvalue weighted by Gasteiger charge is 2.19. The van der Waals surface area contributed by atoms with Gasteiger partial charge in [0.25, 0.3) is 5.91 Å². The molecule has 0 aromatic heterocycles. The minimum atomic E-state index is -0.215. The highest BCUT2D eigenvalue weighted by Crippen LogP contribution is 2.35. The third-order valence-electron chi connectivity index (χ3n) is 3.75. The molecule has 0 spiro atoms. The van der Waals surface area contributed by atoms with E-state index in [-0.39, 0.29) is 5.91 Å². The average molecular weight is 324 g/mol. The summed E-state index contributed by atoms with van der Waals surface area (Å²) in [5, 5.41) is 2.91. The Morgan fingerprint density at radius 2 is 1.91 bits per heavy atom. The van der Waals surface area contributed by atoms with E-state index >= 15 is 0 Å². The molecule has 0 aliphatic carbocycles. The second-order valence-corrected chi connectivity index (χ2v) is 5.12. The van der Waals surface area contributed by atoms with Crippen molar-refractivity contribution >= 4 is 5.91 Å². The van der Waals surface area contributed by atoms with Gasteiger partial charge in [-0.1, -0.05) is 0 Å². The molecule has 1 aromatic rings. The van der Waals surface area contributed by atoms with Crippen molar-refractivity contribution in [2.45, 2.75) is 0 Å². The van der Waals surface area contributed by atoms with E-state index in [1.807, 2.05) is 0 Å². The number of hydrogen-bond acceptors (Lipinski definition) is 6. The van der Waals surface area contributed by atoms with Crippen LogP contribution in [0.25, 0.3) is 0 Å². The van der Waals surface area contributed by atoms with Gasteiger partial charge in [0.05, 0.1) is 40.1 Å². The first kappa shape index (κ1) is 17.4. The van der Waals surface area contributed by atoms with E-state index in [9.17, 15) is 4.79 Å². The Labute approximate surface area is 136 Å².